The molecule has 1 aliphatic carbocycles. The van der Waals surface area contributed by atoms with Crippen LogP contribution in [0.15, 0.2) is 52.9 Å². The number of aliphatic carboxylic acids is 1. The number of aromatic nitrogens is 1. The van der Waals surface area contributed by atoms with E-state index in [1.54, 1.807) is 0 Å². The molecular weight excluding hydrogens is 390 g/mol. The molecule has 162 valence electrons. The van der Waals surface area contributed by atoms with E-state index in [1.807, 2.05) is 43.3 Å². The quantitative estimate of drug-likeness (QED) is 0.484. The summed E-state index contributed by atoms with van der Waals surface area (Å²) in [6, 6.07) is 16.0. The van der Waals surface area contributed by atoms with Gasteiger partial charge in [-0.1, -0.05) is 38.1 Å². The van der Waals surface area contributed by atoms with Crippen LogP contribution in [0.2, 0.25) is 0 Å². The first-order valence-electron chi connectivity index (χ1n) is 11.1. The second-order valence-electron chi connectivity index (χ2n) is 8.07. The standard InChI is InChI=1S/C26H29NO4/c1-3-20(26(28)29)22-12-10-18-16-19(11-13-21(18)22)30-15-14-23-24(4-2)31-25(27-23)17-8-6-5-7-9-17/h5-9,11,13,16,20,22H,3-4,10,12,14-15H2,1-2H3,(H,28,29). The van der Waals surface area contributed by atoms with Crippen LogP contribution >= 0.6 is 0 Å². The van der Waals surface area contributed by atoms with Gasteiger partial charge >= 0.3 is 5.97 Å². The lowest BCUT2D eigenvalue weighted by Gasteiger charge is -2.19. The van der Waals surface area contributed by atoms with E-state index in [0.29, 0.717) is 25.3 Å². The number of fused-ring (bicyclic) bond motifs is 1. The van der Waals surface area contributed by atoms with Crippen molar-refractivity contribution < 1.29 is 19.1 Å². The maximum Gasteiger partial charge on any atom is 0.307 e. The van der Waals surface area contributed by atoms with E-state index in [-0.39, 0.29) is 11.8 Å². The van der Waals surface area contributed by atoms with Crippen LogP contribution in [0.25, 0.3) is 11.5 Å². The summed E-state index contributed by atoms with van der Waals surface area (Å²) in [5.74, 6) is 1.47. The molecule has 2 atom stereocenters. The summed E-state index contributed by atoms with van der Waals surface area (Å²) in [4.78, 5) is 16.3. The molecule has 5 nitrogen and oxygen atoms in total. The Morgan fingerprint density at radius 3 is 2.74 bits per heavy atom. The van der Waals surface area contributed by atoms with Crippen LogP contribution in [0.1, 0.15) is 55.2 Å². The van der Waals surface area contributed by atoms with Crippen molar-refractivity contribution in [1.29, 1.82) is 0 Å². The smallest absolute Gasteiger partial charge is 0.307 e. The van der Waals surface area contributed by atoms with Gasteiger partial charge in [0, 0.05) is 18.4 Å². The molecule has 0 saturated carbocycles. The molecule has 2 unspecified atom stereocenters. The Morgan fingerprint density at radius 2 is 2.03 bits per heavy atom. The zero-order chi connectivity index (χ0) is 21.8. The van der Waals surface area contributed by atoms with Crippen molar-refractivity contribution in [3.05, 3.63) is 71.1 Å². The van der Waals surface area contributed by atoms with E-state index in [9.17, 15) is 9.90 Å². The summed E-state index contributed by atoms with van der Waals surface area (Å²) in [5, 5.41) is 9.52. The third-order valence-electron chi connectivity index (χ3n) is 6.21. The molecule has 0 radical (unpaired) electrons. The largest absolute Gasteiger partial charge is 0.493 e. The van der Waals surface area contributed by atoms with Crippen LogP contribution in [0.4, 0.5) is 0 Å². The van der Waals surface area contributed by atoms with Crippen LogP contribution in [0.3, 0.4) is 0 Å². The molecule has 0 saturated heterocycles. The van der Waals surface area contributed by atoms with E-state index in [4.69, 9.17) is 14.1 Å². The lowest BCUT2D eigenvalue weighted by atomic mass is 9.85. The summed E-state index contributed by atoms with van der Waals surface area (Å²) < 4.78 is 12.0. The molecule has 4 rings (SSSR count). The number of aryl methyl sites for hydroxylation is 2. The van der Waals surface area contributed by atoms with Gasteiger partial charge in [0.05, 0.1) is 18.2 Å². The van der Waals surface area contributed by atoms with Crippen molar-refractivity contribution in [1.82, 2.24) is 4.98 Å². The Morgan fingerprint density at radius 1 is 1.23 bits per heavy atom. The van der Waals surface area contributed by atoms with E-state index >= 15 is 0 Å². The van der Waals surface area contributed by atoms with Gasteiger partial charge < -0.3 is 14.3 Å². The van der Waals surface area contributed by atoms with Crippen LogP contribution in [-0.4, -0.2) is 22.7 Å². The molecule has 31 heavy (non-hydrogen) atoms. The zero-order valence-corrected chi connectivity index (χ0v) is 18.1. The molecule has 0 amide bonds. The fraction of sp³-hybridized carbons (Fsp3) is 0.385. The maximum atomic E-state index is 11.6. The number of carbonyl (C=O) groups is 1. The molecule has 3 aromatic rings. The van der Waals surface area contributed by atoms with Crippen LogP contribution < -0.4 is 4.74 Å². The first-order chi connectivity index (χ1) is 15.1. The predicted molar refractivity (Wildman–Crippen MR) is 119 cm³/mol. The number of hydrogen-bond acceptors (Lipinski definition) is 4. The number of ether oxygens (including phenoxy) is 1. The Labute approximate surface area is 183 Å². The topological polar surface area (TPSA) is 72.6 Å². The van der Waals surface area contributed by atoms with Gasteiger partial charge in [-0.25, -0.2) is 4.98 Å². The number of hydrogen-bond donors (Lipinski definition) is 1. The third-order valence-corrected chi connectivity index (χ3v) is 6.21. The fourth-order valence-electron chi connectivity index (χ4n) is 4.59. The molecule has 1 N–H and O–H groups in total. The minimum absolute atomic E-state index is 0.102. The molecule has 0 spiro atoms. The molecular formula is C26H29NO4. The molecule has 0 bridgehead atoms. The van der Waals surface area contributed by atoms with Crippen molar-refractivity contribution in [2.24, 2.45) is 5.92 Å². The first-order valence-corrected chi connectivity index (χ1v) is 11.1. The van der Waals surface area contributed by atoms with E-state index in [1.165, 1.54) is 11.1 Å². The van der Waals surface area contributed by atoms with Crippen molar-refractivity contribution in [3.8, 4) is 17.2 Å². The van der Waals surface area contributed by atoms with Crippen LogP contribution in [-0.2, 0) is 24.1 Å². The minimum atomic E-state index is -0.699. The Balaban J connectivity index is 1.41. The monoisotopic (exact) mass is 419 g/mol. The summed E-state index contributed by atoms with van der Waals surface area (Å²) in [6.45, 7) is 4.53. The number of rotatable bonds is 9. The summed E-state index contributed by atoms with van der Waals surface area (Å²) >= 11 is 0. The number of benzene rings is 2. The van der Waals surface area contributed by atoms with Gasteiger partial charge in [0.25, 0.3) is 0 Å². The maximum absolute atomic E-state index is 11.6. The van der Waals surface area contributed by atoms with Gasteiger partial charge in [-0.3, -0.25) is 4.79 Å². The van der Waals surface area contributed by atoms with Crippen LogP contribution in [0, 0.1) is 5.92 Å². The van der Waals surface area contributed by atoms with Crippen molar-refractivity contribution in [3.63, 3.8) is 0 Å². The minimum Gasteiger partial charge on any atom is -0.493 e. The van der Waals surface area contributed by atoms with Gasteiger partial charge in [-0.05, 0) is 60.6 Å². The van der Waals surface area contributed by atoms with E-state index < -0.39 is 5.97 Å². The van der Waals surface area contributed by atoms with Crippen LogP contribution in [0.5, 0.6) is 5.75 Å². The van der Waals surface area contributed by atoms with E-state index in [0.717, 1.165) is 42.0 Å². The highest BCUT2D eigenvalue weighted by atomic mass is 16.5. The number of carboxylic acids is 1. The van der Waals surface area contributed by atoms with Gasteiger partial charge in [-0.15, -0.1) is 0 Å². The van der Waals surface area contributed by atoms with Crippen molar-refractivity contribution >= 4 is 5.97 Å². The lowest BCUT2D eigenvalue weighted by molar-refractivity contribution is -0.142. The molecule has 2 aromatic carbocycles. The highest BCUT2D eigenvalue weighted by molar-refractivity contribution is 5.72. The summed E-state index contributed by atoms with van der Waals surface area (Å²) in [6.07, 6.45) is 3.92. The zero-order valence-electron chi connectivity index (χ0n) is 18.1. The number of nitrogens with zero attached hydrogens (tertiary/aromatic N) is 1. The van der Waals surface area contributed by atoms with E-state index in [2.05, 4.69) is 19.1 Å². The Kier molecular flexibility index (Phi) is 6.40. The van der Waals surface area contributed by atoms with Gasteiger partial charge in [0.15, 0.2) is 0 Å². The highest BCUT2D eigenvalue weighted by Crippen LogP contribution is 2.41. The SMILES string of the molecule is CCc1oc(-c2ccccc2)nc1CCOc1ccc2c(c1)CCC2C(CC)C(=O)O. The summed E-state index contributed by atoms with van der Waals surface area (Å²) in [7, 11) is 0. The van der Waals surface area contributed by atoms with Gasteiger partial charge in [0.1, 0.15) is 11.5 Å². The van der Waals surface area contributed by atoms with Gasteiger partial charge in [0.2, 0.25) is 5.89 Å². The van der Waals surface area contributed by atoms with Crippen molar-refractivity contribution in [2.75, 3.05) is 6.61 Å². The molecule has 1 aliphatic rings. The third kappa shape index (κ3) is 4.50. The molecule has 1 aromatic heterocycles. The van der Waals surface area contributed by atoms with Gasteiger partial charge in [-0.2, -0.15) is 0 Å². The normalized spacial score (nSPS) is 16.1. The average molecular weight is 420 g/mol. The number of carboxylic acid groups (broad SMARTS) is 1. The molecule has 0 fully saturated rings. The second-order valence-corrected chi connectivity index (χ2v) is 8.07. The summed E-state index contributed by atoms with van der Waals surface area (Å²) in [5.41, 5.74) is 4.29. The van der Waals surface area contributed by atoms with Crippen molar-refractivity contribution in [2.45, 2.75) is 51.9 Å². The fourth-order valence-corrected chi connectivity index (χ4v) is 4.59. The molecule has 1 heterocycles. The molecule has 0 aliphatic heterocycles. The first kappa shape index (κ1) is 21.2. The molecule has 5 heteroatoms. The highest BCUT2D eigenvalue weighted by Gasteiger charge is 2.33. The lowest BCUT2D eigenvalue weighted by Crippen LogP contribution is -2.19. The predicted octanol–water partition coefficient (Wildman–Crippen LogP) is 5.67. The average Bonchev–Trinajstić information content (AvgIpc) is 3.39. The Hall–Kier alpha value is -3.08. The Bertz CT molecular complexity index is 1040. The second kappa shape index (κ2) is 9.38. The number of oxazole rings is 1.